The molecule has 4 aromatic heterocycles. The van der Waals surface area contributed by atoms with Gasteiger partial charge in [0, 0.05) is 66.1 Å². The van der Waals surface area contributed by atoms with Crippen LogP contribution in [0.2, 0.25) is 0 Å². The second-order valence-electron chi connectivity index (χ2n) is 11.3. The number of piperazine rings is 1. The standard InChI is InChI=1S/C30H31FN8O/c1-30(8-7-25-22(15-30)21-5-3-4-6-24(21)34-25)36-27-14-26(19-13-20(31)17-32-16-19)35-28-23(18-33-39(27)28)29(40)38-11-9-37(2)10-12-38/h3-6,13-14,16-18,34,36H,7-12,15H2,1-2H3. The summed E-state index contributed by atoms with van der Waals surface area (Å²) >= 11 is 0. The fourth-order valence-electron chi connectivity index (χ4n) is 6.05. The fourth-order valence-corrected chi connectivity index (χ4v) is 6.05. The van der Waals surface area contributed by atoms with Crippen molar-refractivity contribution in [1.82, 2.24) is 34.4 Å². The first kappa shape index (κ1) is 24.7. The molecule has 1 aliphatic heterocycles. The Hall–Kier alpha value is -4.31. The van der Waals surface area contributed by atoms with Crippen molar-refractivity contribution < 1.29 is 9.18 Å². The lowest BCUT2D eigenvalue weighted by Crippen LogP contribution is -2.47. The molecule has 40 heavy (non-hydrogen) atoms. The third-order valence-corrected chi connectivity index (χ3v) is 8.32. The van der Waals surface area contributed by atoms with Crippen molar-refractivity contribution >= 4 is 28.3 Å². The normalized spacial score (nSPS) is 19.7. The van der Waals surface area contributed by atoms with Gasteiger partial charge in [0.1, 0.15) is 17.2 Å². The minimum absolute atomic E-state index is 0.0941. The summed E-state index contributed by atoms with van der Waals surface area (Å²) in [5, 5.41) is 9.63. The molecule has 5 aromatic rings. The molecule has 0 spiro atoms. The van der Waals surface area contributed by atoms with E-state index in [1.165, 1.54) is 28.9 Å². The van der Waals surface area contributed by atoms with Crippen LogP contribution in [-0.2, 0) is 12.8 Å². The number of pyridine rings is 1. The van der Waals surface area contributed by atoms with Crippen LogP contribution in [0.5, 0.6) is 0 Å². The fraction of sp³-hybridized carbons (Fsp3) is 0.333. The lowest BCUT2D eigenvalue weighted by atomic mass is 9.81. The summed E-state index contributed by atoms with van der Waals surface area (Å²) in [5.74, 6) is 0.165. The predicted octanol–water partition coefficient (Wildman–Crippen LogP) is 4.16. The molecule has 1 saturated heterocycles. The van der Waals surface area contributed by atoms with Crippen LogP contribution in [0.4, 0.5) is 10.2 Å². The first-order valence-corrected chi connectivity index (χ1v) is 13.7. The Bertz CT molecular complexity index is 1750. The number of nitrogens with one attached hydrogen (secondary N) is 2. The number of nitrogens with zero attached hydrogens (tertiary/aromatic N) is 6. The number of likely N-dealkylation sites (N-methyl/N-ethyl adjacent to an activating group) is 1. The van der Waals surface area contributed by atoms with Crippen LogP contribution in [0.15, 0.2) is 55.0 Å². The number of H-pyrrole nitrogens is 1. The number of para-hydroxylation sites is 1. The number of hydrogen-bond donors (Lipinski definition) is 2. The molecule has 2 N–H and O–H groups in total. The van der Waals surface area contributed by atoms with Gasteiger partial charge in [-0.2, -0.15) is 9.61 Å². The first-order valence-electron chi connectivity index (χ1n) is 13.7. The number of carbonyl (C=O) groups excluding carboxylic acids is 1. The molecule has 2 aliphatic rings. The Balaban J connectivity index is 1.30. The summed E-state index contributed by atoms with van der Waals surface area (Å²) in [6.07, 6.45) is 7.00. The molecule has 1 aliphatic carbocycles. The zero-order valence-corrected chi connectivity index (χ0v) is 22.6. The van der Waals surface area contributed by atoms with E-state index in [9.17, 15) is 9.18 Å². The first-order chi connectivity index (χ1) is 19.4. The third kappa shape index (κ3) is 4.28. The summed E-state index contributed by atoms with van der Waals surface area (Å²) in [6, 6.07) is 11.7. The van der Waals surface area contributed by atoms with Crippen molar-refractivity contribution in [2.24, 2.45) is 0 Å². The monoisotopic (exact) mass is 538 g/mol. The van der Waals surface area contributed by atoms with E-state index < -0.39 is 5.82 Å². The maximum Gasteiger partial charge on any atom is 0.259 e. The minimum Gasteiger partial charge on any atom is -0.364 e. The Kier molecular flexibility index (Phi) is 5.81. The number of hydrogen-bond acceptors (Lipinski definition) is 6. The lowest BCUT2D eigenvalue weighted by molar-refractivity contribution is 0.0666. The van der Waals surface area contributed by atoms with E-state index in [0.29, 0.717) is 41.4 Å². The van der Waals surface area contributed by atoms with Crippen LogP contribution < -0.4 is 5.32 Å². The number of aromatic nitrogens is 5. The van der Waals surface area contributed by atoms with Gasteiger partial charge >= 0.3 is 0 Å². The Morgan fingerprint density at radius 1 is 1.10 bits per heavy atom. The zero-order chi connectivity index (χ0) is 27.4. The molecule has 5 heterocycles. The van der Waals surface area contributed by atoms with Crippen LogP contribution in [0.1, 0.15) is 35.0 Å². The summed E-state index contributed by atoms with van der Waals surface area (Å²) in [5.41, 5.74) is 5.43. The number of carbonyl (C=O) groups is 1. The van der Waals surface area contributed by atoms with Crippen LogP contribution in [-0.4, -0.2) is 79.0 Å². The SMILES string of the molecule is CN1CCN(C(=O)c2cnn3c(NC4(C)CCc5[nH]c6ccccc6c5C4)cc(-c4cncc(F)c4)nc23)CC1. The molecule has 1 fully saturated rings. The molecular formula is C30H31FN8O. The van der Waals surface area contributed by atoms with Gasteiger partial charge in [-0.15, -0.1) is 0 Å². The lowest BCUT2D eigenvalue weighted by Gasteiger charge is -2.36. The summed E-state index contributed by atoms with van der Waals surface area (Å²) in [4.78, 5) is 30.1. The molecule has 0 bridgehead atoms. The Morgan fingerprint density at radius 2 is 1.93 bits per heavy atom. The predicted molar refractivity (Wildman–Crippen MR) is 152 cm³/mol. The van der Waals surface area contributed by atoms with Gasteiger partial charge in [0.25, 0.3) is 5.91 Å². The smallest absolute Gasteiger partial charge is 0.259 e. The molecule has 1 amide bonds. The van der Waals surface area contributed by atoms with Gasteiger partial charge in [-0.25, -0.2) is 9.37 Å². The number of aryl methyl sites for hydroxylation is 1. The van der Waals surface area contributed by atoms with E-state index in [1.807, 2.05) is 11.0 Å². The average molecular weight is 539 g/mol. The molecule has 1 aromatic carbocycles. The van der Waals surface area contributed by atoms with Crippen molar-refractivity contribution in [3.05, 3.63) is 77.6 Å². The molecule has 0 saturated carbocycles. The largest absolute Gasteiger partial charge is 0.364 e. The maximum atomic E-state index is 14.2. The molecule has 1 unspecified atom stereocenters. The van der Waals surface area contributed by atoms with Crippen LogP contribution >= 0.6 is 0 Å². The molecular weight excluding hydrogens is 507 g/mol. The summed E-state index contributed by atoms with van der Waals surface area (Å²) < 4.78 is 15.9. The average Bonchev–Trinajstić information content (AvgIpc) is 3.54. The number of benzene rings is 1. The van der Waals surface area contributed by atoms with E-state index in [4.69, 9.17) is 4.98 Å². The molecule has 7 rings (SSSR count). The number of fused-ring (bicyclic) bond motifs is 4. The highest BCUT2D eigenvalue weighted by molar-refractivity contribution is 6.00. The summed E-state index contributed by atoms with van der Waals surface area (Å²) in [7, 11) is 2.06. The molecule has 9 nitrogen and oxygen atoms in total. The van der Waals surface area contributed by atoms with Gasteiger partial charge in [-0.1, -0.05) is 18.2 Å². The molecule has 0 radical (unpaired) electrons. The Labute approximate surface area is 231 Å². The van der Waals surface area contributed by atoms with Crippen molar-refractivity contribution in [3.8, 4) is 11.3 Å². The van der Waals surface area contributed by atoms with Gasteiger partial charge in [0.05, 0.1) is 18.1 Å². The van der Waals surface area contributed by atoms with Crippen LogP contribution in [0.25, 0.3) is 27.8 Å². The van der Waals surface area contributed by atoms with Gasteiger partial charge in [-0.05, 0) is 50.9 Å². The van der Waals surface area contributed by atoms with Crippen molar-refractivity contribution in [3.63, 3.8) is 0 Å². The number of amides is 1. The number of anilines is 1. The van der Waals surface area contributed by atoms with E-state index in [2.05, 4.69) is 63.5 Å². The van der Waals surface area contributed by atoms with Gasteiger partial charge < -0.3 is 20.1 Å². The maximum absolute atomic E-state index is 14.2. The topological polar surface area (TPSA) is 94.4 Å². The molecule has 1 atom stereocenters. The quantitative estimate of drug-likeness (QED) is 0.357. The van der Waals surface area contributed by atoms with E-state index in [0.717, 1.165) is 37.9 Å². The highest BCUT2D eigenvalue weighted by Gasteiger charge is 2.33. The highest BCUT2D eigenvalue weighted by atomic mass is 19.1. The van der Waals surface area contributed by atoms with Crippen molar-refractivity contribution in [2.75, 3.05) is 38.5 Å². The summed E-state index contributed by atoms with van der Waals surface area (Å²) in [6.45, 7) is 5.15. The minimum atomic E-state index is -0.443. The second-order valence-corrected chi connectivity index (χ2v) is 11.3. The van der Waals surface area contributed by atoms with Gasteiger partial charge in [0.15, 0.2) is 5.65 Å². The van der Waals surface area contributed by atoms with Crippen molar-refractivity contribution in [2.45, 2.75) is 31.7 Å². The van der Waals surface area contributed by atoms with Crippen LogP contribution in [0, 0.1) is 5.82 Å². The number of halogens is 1. The molecule has 10 heteroatoms. The second kappa shape index (κ2) is 9.41. The van der Waals surface area contributed by atoms with Gasteiger partial charge in [0.2, 0.25) is 0 Å². The van der Waals surface area contributed by atoms with E-state index in [1.54, 1.807) is 16.9 Å². The van der Waals surface area contributed by atoms with Crippen molar-refractivity contribution in [1.29, 1.82) is 0 Å². The van der Waals surface area contributed by atoms with Gasteiger partial charge in [-0.3, -0.25) is 9.78 Å². The highest BCUT2D eigenvalue weighted by Crippen LogP contribution is 2.36. The number of aromatic amines is 1. The zero-order valence-electron chi connectivity index (χ0n) is 22.6. The third-order valence-electron chi connectivity index (χ3n) is 8.32. The van der Waals surface area contributed by atoms with Crippen LogP contribution in [0.3, 0.4) is 0 Å². The number of rotatable bonds is 4. The molecule has 204 valence electrons. The van der Waals surface area contributed by atoms with E-state index in [-0.39, 0.29) is 11.4 Å². The van der Waals surface area contributed by atoms with E-state index >= 15 is 0 Å². The Morgan fingerprint density at radius 3 is 2.75 bits per heavy atom.